The van der Waals surface area contributed by atoms with Gasteiger partial charge in [0.15, 0.2) is 5.82 Å². The second kappa shape index (κ2) is 8.10. The molecule has 1 aromatic heterocycles. The fourth-order valence-corrected chi connectivity index (χ4v) is 7.17. The van der Waals surface area contributed by atoms with Gasteiger partial charge in [-0.25, -0.2) is 4.98 Å². The SMILES string of the molecule is O=[S@]1CCN(C2(CO)CCC2)c2nc(N3CCC(c4ccc5c(c4)CCC5)CC3)ncc21. The second-order valence-electron chi connectivity index (χ2n) is 9.94. The zero-order valence-corrected chi connectivity index (χ0v) is 19.4. The topological polar surface area (TPSA) is 69.6 Å². The molecule has 32 heavy (non-hydrogen) atoms. The monoisotopic (exact) mass is 452 g/mol. The van der Waals surface area contributed by atoms with Crippen molar-refractivity contribution in [3.63, 3.8) is 0 Å². The Morgan fingerprint density at radius 3 is 2.66 bits per heavy atom. The molecule has 3 heterocycles. The molecule has 7 heteroatoms. The van der Waals surface area contributed by atoms with Gasteiger partial charge in [-0.2, -0.15) is 4.98 Å². The Morgan fingerprint density at radius 2 is 1.91 bits per heavy atom. The van der Waals surface area contributed by atoms with E-state index in [0.717, 1.165) is 61.9 Å². The molecule has 1 saturated heterocycles. The molecule has 170 valence electrons. The zero-order valence-electron chi connectivity index (χ0n) is 18.6. The molecule has 0 spiro atoms. The highest BCUT2D eigenvalue weighted by Crippen LogP contribution is 2.43. The van der Waals surface area contributed by atoms with Gasteiger partial charge in [0.2, 0.25) is 5.95 Å². The van der Waals surface area contributed by atoms with E-state index in [1.165, 1.54) is 24.8 Å². The van der Waals surface area contributed by atoms with Crippen LogP contribution in [-0.2, 0) is 23.6 Å². The molecule has 6 rings (SSSR count). The van der Waals surface area contributed by atoms with Gasteiger partial charge < -0.3 is 14.9 Å². The lowest BCUT2D eigenvalue weighted by atomic mass is 9.76. The van der Waals surface area contributed by atoms with Crippen molar-refractivity contribution in [2.24, 2.45) is 0 Å². The summed E-state index contributed by atoms with van der Waals surface area (Å²) in [4.78, 5) is 14.8. The van der Waals surface area contributed by atoms with Crippen LogP contribution in [0.1, 0.15) is 61.1 Å². The number of aromatic nitrogens is 2. The number of aliphatic hydroxyl groups excluding tert-OH is 1. The van der Waals surface area contributed by atoms with Crippen molar-refractivity contribution in [3.8, 4) is 0 Å². The summed E-state index contributed by atoms with van der Waals surface area (Å²) in [7, 11) is -1.06. The third-order valence-corrected chi connectivity index (χ3v) is 9.58. The molecular formula is C25H32N4O2S. The van der Waals surface area contributed by atoms with Gasteiger partial charge in [-0.15, -0.1) is 0 Å². The van der Waals surface area contributed by atoms with Crippen LogP contribution in [0.4, 0.5) is 11.8 Å². The van der Waals surface area contributed by atoms with E-state index in [1.807, 2.05) is 0 Å². The molecule has 2 fully saturated rings. The predicted molar refractivity (Wildman–Crippen MR) is 127 cm³/mol. The molecular weight excluding hydrogens is 420 g/mol. The Bertz CT molecular complexity index is 1040. The van der Waals surface area contributed by atoms with E-state index in [-0.39, 0.29) is 12.1 Å². The van der Waals surface area contributed by atoms with Crippen LogP contribution in [0, 0.1) is 0 Å². The Kier molecular flexibility index (Phi) is 5.22. The van der Waals surface area contributed by atoms with E-state index in [0.29, 0.717) is 18.2 Å². The second-order valence-corrected chi connectivity index (χ2v) is 11.5. The number of aliphatic hydroxyl groups is 1. The Hall–Kier alpha value is -1.99. The lowest BCUT2D eigenvalue weighted by Gasteiger charge is -2.51. The van der Waals surface area contributed by atoms with E-state index in [1.54, 1.807) is 17.3 Å². The standard InChI is InChI=1S/C25H32N4O2S/c30-17-25(9-2-10-25)29-13-14-32(31)22-16-26-24(27-23(22)29)28-11-7-19(8-12-28)21-6-5-18-3-1-4-20(18)15-21/h5-6,15-16,19,30H,1-4,7-14,17H2/t32-/m0/s1. The summed E-state index contributed by atoms with van der Waals surface area (Å²) >= 11 is 0. The van der Waals surface area contributed by atoms with Gasteiger partial charge in [0.05, 0.1) is 34.0 Å². The average molecular weight is 453 g/mol. The number of piperidine rings is 1. The molecule has 1 N–H and O–H groups in total. The summed E-state index contributed by atoms with van der Waals surface area (Å²) in [6.45, 7) is 2.70. The number of anilines is 2. The number of benzene rings is 1. The number of aryl methyl sites for hydroxylation is 2. The van der Waals surface area contributed by atoms with E-state index in [4.69, 9.17) is 4.98 Å². The number of rotatable bonds is 4. The van der Waals surface area contributed by atoms with Crippen LogP contribution in [0.3, 0.4) is 0 Å². The zero-order chi connectivity index (χ0) is 21.7. The summed E-state index contributed by atoms with van der Waals surface area (Å²) in [6.07, 6.45) is 10.8. The Morgan fingerprint density at radius 1 is 1.09 bits per heavy atom. The highest BCUT2D eigenvalue weighted by Gasteiger charge is 2.45. The molecule has 2 aliphatic carbocycles. The fraction of sp³-hybridized carbons (Fsp3) is 0.600. The van der Waals surface area contributed by atoms with E-state index >= 15 is 0 Å². The summed E-state index contributed by atoms with van der Waals surface area (Å²) < 4.78 is 12.6. The van der Waals surface area contributed by atoms with Crippen molar-refractivity contribution in [1.82, 2.24) is 9.97 Å². The molecule has 6 nitrogen and oxygen atoms in total. The van der Waals surface area contributed by atoms with Gasteiger partial charge in [-0.3, -0.25) is 4.21 Å². The quantitative estimate of drug-likeness (QED) is 0.768. The lowest BCUT2D eigenvalue weighted by molar-refractivity contribution is 0.115. The summed E-state index contributed by atoms with van der Waals surface area (Å²) in [5.41, 5.74) is 4.37. The van der Waals surface area contributed by atoms with Crippen molar-refractivity contribution in [3.05, 3.63) is 41.1 Å². The highest BCUT2D eigenvalue weighted by molar-refractivity contribution is 7.85. The molecule has 0 amide bonds. The van der Waals surface area contributed by atoms with E-state index < -0.39 is 10.8 Å². The number of hydrogen-bond acceptors (Lipinski definition) is 6. The molecule has 1 saturated carbocycles. The van der Waals surface area contributed by atoms with Gasteiger partial charge in [0.25, 0.3) is 0 Å². The van der Waals surface area contributed by atoms with Crippen molar-refractivity contribution in [1.29, 1.82) is 0 Å². The normalized spacial score (nSPS) is 24.7. The maximum atomic E-state index is 12.6. The third-order valence-electron chi connectivity index (χ3n) is 8.25. The molecule has 1 atom stereocenters. The summed E-state index contributed by atoms with van der Waals surface area (Å²) in [5.74, 6) is 2.72. The maximum absolute atomic E-state index is 12.6. The Balaban J connectivity index is 1.21. The predicted octanol–water partition coefficient (Wildman–Crippen LogP) is 3.19. The van der Waals surface area contributed by atoms with Gasteiger partial charge in [-0.1, -0.05) is 18.2 Å². The minimum Gasteiger partial charge on any atom is -0.394 e. The van der Waals surface area contributed by atoms with Gasteiger partial charge >= 0.3 is 0 Å². The highest BCUT2D eigenvalue weighted by atomic mass is 32.2. The van der Waals surface area contributed by atoms with Crippen LogP contribution in [0.25, 0.3) is 0 Å². The van der Waals surface area contributed by atoms with Crippen molar-refractivity contribution in [2.75, 3.05) is 41.8 Å². The van der Waals surface area contributed by atoms with Crippen LogP contribution in [-0.4, -0.2) is 56.8 Å². The van der Waals surface area contributed by atoms with Crippen LogP contribution in [0.15, 0.2) is 29.3 Å². The maximum Gasteiger partial charge on any atom is 0.227 e. The lowest BCUT2D eigenvalue weighted by Crippen LogP contribution is -2.59. The van der Waals surface area contributed by atoms with Crippen LogP contribution in [0.5, 0.6) is 0 Å². The Labute approximate surface area is 192 Å². The first kappa shape index (κ1) is 20.6. The molecule has 2 aliphatic heterocycles. The summed E-state index contributed by atoms with van der Waals surface area (Å²) in [5, 5.41) is 10.1. The third kappa shape index (κ3) is 3.36. The van der Waals surface area contributed by atoms with Gasteiger partial charge in [-0.05, 0) is 74.0 Å². The number of nitrogens with zero attached hydrogens (tertiary/aromatic N) is 4. The van der Waals surface area contributed by atoms with E-state index in [2.05, 4.69) is 33.0 Å². The smallest absolute Gasteiger partial charge is 0.227 e. The summed E-state index contributed by atoms with van der Waals surface area (Å²) in [6, 6.07) is 7.15. The largest absolute Gasteiger partial charge is 0.394 e. The minimum absolute atomic E-state index is 0.130. The van der Waals surface area contributed by atoms with Crippen LogP contribution >= 0.6 is 0 Å². The molecule has 4 aliphatic rings. The first-order valence-electron chi connectivity index (χ1n) is 12.2. The molecule has 0 bridgehead atoms. The van der Waals surface area contributed by atoms with E-state index in [9.17, 15) is 9.32 Å². The molecule has 0 unspecified atom stereocenters. The number of fused-ring (bicyclic) bond motifs is 2. The van der Waals surface area contributed by atoms with Crippen molar-refractivity contribution < 1.29 is 9.32 Å². The molecule has 0 radical (unpaired) electrons. The molecule has 1 aromatic carbocycles. The number of hydrogen-bond donors (Lipinski definition) is 1. The molecule has 2 aromatic rings. The average Bonchev–Trinajstić information content (AvgIpc) is 3.28. The van der Waals surface area contributed by atoms with Crippen molar-refractivity contribution in [2.45, 2.75) is 67.7 Å². The van der Waals surface area contributed by atoms with Crippen LogP contribution in [0.2, 0.25) is 0 Å². The first-order chi connectivity index (χ1) is 15.7. The fourth-order valence-electron chi connectivity index (χ4n) is 6.07. The van der Waals surface area contributed by atoms with Gasteiger partial charge in [0.1, 0.15) is 0 Å². The van der Waals surface area contributed by atoms with Crippen molar-refractivity contribution >= 4 is 22.6 Å². The minimum atomic E-state index is -1.06. The van der Waals surface area contributed by atoms with Crippen LogP contribution < -0.4 is 9.80 Å². The van der Waals surface area contributed by atoms with Gasteiger partial charge in [0, 0.05) is 25.4 Å². The first-order valence-corrected chi connectivity index (χ1v) is 13.5.